The first-order valence-corrected chi connectivity index (χ1v) is 12.3. The van der Waals surface area contributed by atoms with Gasteiger partial charge in [-0.25, -0.2) is 4.79 Å². The largest absolute Gasteiger partial charge is 0.459 e. The molecule has 2 aromatic rings. The number of nitro benzene ring substituents is 1. The van der Waals surface area contributed by atoms with E-state index in [4.69, 9.17) is 9.47 Å². The van der Waals surface area contributed by atoms with Crippen LogP contribution in [0.3, 0.4) is 0 Å². The van der Waals surface area contributed by atoms with Gasteiger partial charge in [-0.05, 0) is 23.3 Å². The summed E-state index contributed by atoms with van der Waals surface area (Å²) in [5, 5.41) is 13.1. The molecule has 192 valence electrons. The quantitative estimate of drug-likeness (QED) is 0.180. The van der Waals surface area contributed by atoms with Gasteiger partial charge in [-0.3, -0.25) is 24.5 Å². The van der Waals surface area contributed by atoms with Crippen LogP contribution < -0.4 is 5.32 Å². The third kappa shape index (κ3) is 5.97. The first kappa shape index (κ1) is 25.9. The van der Waals surface area contributed by atoms with Gasteiger partial charge in [0.2, 0.25) is 11.8 Å². The second kappa shape index (κ2) is 11.2. The standard InChI is InChI=1S/C25H23N3O8S/c1-15(29)35-13-18-14-37-24-21(26-20(30)11-16-5-3-2-4-6-16)23(31)27(24)22(18)25(32)36-12-17-7-9-19(10-8-17)28(33)34/h2-10,13,21-22,24H,11-12,14H2,1H3,(H,26,30)/t21?,22?,24-/m0/s1. The molecule has 2 saturated heterocycles. The van der Waals surface area contributed by atoms with Crippen LogP contribution in [0.4, 0.5) is 5.69 Å². The molecule has 2 amide bonds. The van der Waals surface area contributed by atoms with E-state index in [1.807, 2.05) is 30.3 Å². The van der Waals surface area contributed by atoms with Crippen molar-refractivity contribution in [3.05, 3.63) is 87.7 Å². The van der Waals surface area contributed by atoms with Gasteiger partial charge in [-0.2, -0.15) is 0 Å². The zero-order valence-corrected chi connectivity index (χ0v) is 20.5. The molecule has 0 saturated carbocycles. The number of amides is 2. The van der Waals surface area contributed by atoms with Crippen LogP contribution >= 0.6 is 11.8 Å². The summed E-state index contributed by atoms with van der Waals surface area (Å²) in [6.07, 6.45) is 1.26. The van der Waals surface area contributed by atoms with Gasteiger partial charge in [0.05, 0.1) is 17.6 Å². The van der Waals surface area contributed by atoms with Crippen LogP contribution in [0.5, 0.6) is 0 Å². The Kier molecular flexibility index (Phi) is 7.87. The van der Waals surface area contributed by atoms with Crippen LogP contribution in [0, 0.1) is 10.1 Å². The number of esters is 2. The van der Waals surface area contributed by atoms with Gasteiger partial charge >= 0.3 is 11.9 Å². The van der Waals surface area contributed by atoms with Crippen LogP contribution in [0.15, 0.2) is 66.4 Å². The van der Waals surface area contributed by atoms with E-state index >= 15 is 0 Å². The number of nitro groups is 1. The van der Waals surface area contributed by atoms with E-state index in [9.17, 15) is 29.3 Å². The fourth-order valence-corrected chi connectivity index (χ4v) is 5.34. The van der Waals surface area contributed by atoms with Gasteiger partial charge < -0.3 is 19.7 Å². The van der Waals surface area contributed by atoms with Gasteiger partial charge in [0, 0.05) is 30.4 Å². The Labute approximate surface area is 215 Å². The number of nitrogens with one attached hydrogen (secondary N) is 1. The average Bonchev–Trinajstić information content (AvgIpc) is 2.89. The number of β-lactam (4-membered cyclic amide) rings is 1. The maximum Gasteiger partial charge on any atom is 0.333 e. The summed E-state index contributed by atoms with van der Waals surface area (Å²) in [4.78, 5) is 61.6. The lowest BCUT2D eigenvalue weighted by molar-refractivity contribution is -0.384. The van der Waals surface area contributed by atoms with Gasteiger partial charge in [0.15, 0.2) is 6.04 Å². The molecule has 0 spiro atoms. The Hall–Kier alpha value is -4.19. The van der Waals surface area contributed by atoms with E-state index in [0.717, 1.165) is 11.8 Å². The number of rotatable bonds is 8. The van der Waals surface area contributed by atoms with Crippen molar-refractivity contribution in [1.29, 1.82) is 0 Å². The minimum absolute atomic E-state index is 0.0969. The molecule has 0 bridgehead atoms. The molecule has 0 radical (unpaired) electrons. The summed E-state index contributed by atoms with van der Waals surface area (Å²) >= 11 is 1.33. The number of hydrogen-bond donors (Lipinski definition) is 1. The number of carbonyl (C=O) groups is 4. The predicted octanol–water partition coefficient (Wildman–Crippen LogP) is 2.10. The number of hydrogen-bond acceptors (Lipinski definition) is 9. The monoisotopic (exact) mass is 525 g/mol. The second-order valence-electron chi connectivity index (χ2n) is 8.39. The van der Waals surface area contributed by atoms with E-state index in [2.05, 4.69) is 5.32 Å². The van der Waals surface area contributed by atoms with Crippen molar-refractivity contribution >= 4 is 41.2 Å². The topological polar surface area (TPSA) is 145 Å². The molecule has 2 aliphatic rings. The number of thioether (sulfide) groups is 1. The molecule has 11 nitrogen and oxygen atoms in total. The molecular formula is C25H23N3O8S. The third-order valence-electron chi connectivity index (χ3n) is 5.78. The van der Waals surface area contributed by atoms with E-state index in [-0.39, 0.29) is 30.4 Å². The Balaban J connectivity index is 1.45. The first-order valence-electron chi connectivity index (χ1n) is 11.3. The number of benzene rings is 2. The van der Waals surface area contributed by atoms with Crippen molar-refractivity contribution in [2.24, 2.45) is 0 Å². The zero-order chi connectivity index (χ0) is 26.5. The highest BCUT2D eigenvalue weighted by atomic mass is 32.2. The summed E-state index contributed by atoms with van der Waals surface area (Å²) in [6, 6.07) is 12.7. The first-order chi connectivity index (χ1) is 17.7. The predicted molar refractivity (Wildman–Crippen MR) is 132 cm³/mol. The average molecular weight is 526 g/mol. The molecule has 12 heteroatoms. The van der Waals surface area contributed by atoms with Gasteiger partial charge in [0.1, 0.15) is 18.0 Å². The van der Waals surface area contributed by atoms with Crippen LogP contribution in [0.1, 0.15) is 18.1 Å². The minimum Gasteiger partial charge on any atom is -0.459 e. The molecule has 3 atom stereocenters. The fraction of sp³-hybridized carbons (Fsp3) is 0.280. The molecule has 1 N–H and O–H groups in total. The normalized spacial score (nSPS) is 21.4. The van der Waals surface area contributed by atoms with Gasteiger partial charge in [0.25, 0.3) is 5.69 Å². The van der Waals surface area contributed by atoms with Crippen LogP contribution in [0.25, 0.3) is 0 Å². The molecule has 2 fully saturated rings. The Bertz CT molecular complexity index is 1250. The van der Waals surface area contributed by atoms with Gasteiger partial charge in [-0.1, -0.05) is 30.3 Å². The smallest absolute Gasteiger partial charge is 0.333 e. The van der Waals surface area contributed by atoms with E-state index in [0.29, 0.717) is 11.1 Å². The molecule has 2 aromatic carbocycles. The molecule has 2 heterocycles. The van der Waals surface area contributed by atoms with E-state index in [1.54, 1.807) is 0 Å². The zero-order valence-electron chi connectivity index (χ0n) is 19.7. The Morgan fingerprint density at radius 2 is 1.84 bits per heavy atom. The maximum absolute atomic E-state index is 13.1. The van der Waals surface area contributed by atoms with Crippen LogP contribution in [0.2, 0.25) is 0 Å². The number of non-ortho nitro benzene ring substituents is 1. The third-order valence-corrected chi connectivity index (χ3v) is 7.12. The molecular weight excluding hydrogens is 502 g/mol. The number of ether oxygens (including phenoxy) is 2. The van der Waals surface area contributed by atoms with Crippen molar-refractivity contribution in [3.63, 3.8) is 0 Å². The SMILES string of the molecule is CC(=O)OC=C1CS[C@H]2C(NC(=O)Cc3ccccc3)C(=O)N2C1C(=O)OCc1ccc([N+](=O)[O-])cc1. The number of fused-ring (bicyclic) bond motifs is 1. The highest BCUT2D eigenvalue weighted by Crippen LogP contribution is 2.41. The molecule has 37 heavy (non-hydrogen) atoms. The van der Waals surface area contributed by atoms with Crippen molar-refractivity contribution in [1.82, 2.24) is 10.2 Å². The summed E-state index contributed by atoms with van der Waals surface area (Å²) in [7, 11) is 0. The van der Waals surface area contributed by atoms with Crippen molar-refractivity contribution in [2.45, 2.75) is 37.4 Å². The van der Waals surface area contributed by atoms with E-state index in [1.165, 1.54) is 47.9 Å². The summed E-state index contributed by atoms with van der Waals surface area (Å²) in [5.74, 6) is -1.83. The summed E-state index contributed by atoms with van der Waals surface area (Å²) < 4.78 is 10.4. The number of nitrogens with zero attached hydrogens (tertiary/aromatic N) is 2. The molecule has 0 aliphatic carbocycles. The Morgan fingerprint density at radius 3 is 2.49 bits per heavy atom. The molecule has 2 aliphatic heterocycles. The second-order valence-corrected chi connectivity index (χ2v) is 9.50. The van der Waals surface area contributed by atoms with Crippen LogP contribution in [-0.2, 0) is 41.7 Å². The lowest BCUT2D eigenvalue weighted by Gasteiger charge is -2.52. The van der Waals surface area contributed by atoms with Gasteiger partial charge in [-0.15, -0.1) is 11.8 Å². The Morgan fingerprint density at radius 1 is 1.14 bits per heavy atom. The van der Waals surface area contributed by atoms with Crippen LogP contribution in [-0.4, -0.2) is 56.8 Å². The summed E-state index contributed by atoms with van der Waals surface area (Å²) in [6.45, 7) is 1.04. The van der Waals surface area contributed by atoms with Crippen molar-refractivity contribution in [3.8, 4) is 0 Å². The maximum atomic E-state index is 13.1. The lowest BCUT2D eigenvalue weighted by atomic mass is 9.98. The van der Waals surface area contributed by atoms with E-state index < -0.39 is 40.2 Å². The highest BCUT2D eigenvalue weighted by molar-refractivity contribution is 8.00. The highest BCUT2D eigenvalue weighted by Gasteiger charge is 2.57. The fourth-order valence-electron chi connectivity index (χ4n) is 3.98. The molecule has 4 rings (SSSR count). The molecule has 2 unspecified atom stereocenters. The minimum atomic E-state index is -1.14. The molecule has 0 aromatic heterocycles. The summed E-state index contributed by atoms with van der Waals surface area (Å²) in [5.41, 5.74) is 1.60. The van der Waals surface area contributed by atoms with Crippen molar-refractivity contribution in [2.75, 3.05) is 5.75 Å². The number of carbonyl (C=O) groups excluding carboxylic acids is 4. The lowest BCUT2D eigenvalue weighted by Crippen LogP contribution is -2.74. The van der Waals surface area contributed by atoms with Crippen molar-refractivity contribution < 1.29 is 33.6 Å².